The van der Waals surface area contributed by atoms with E-state index in [0.717, 1.165) is 0 Å². The third kappa shape index (κ3) is 3.03. The van der Waals surface area contributed by atoms with E-state index in [9.17, 15) is 9.59 Å². The van der Waals surface area contributed by atoms with E-state index < -0.39 is 17.7 Å². The summed E-state index contributed by atoms with van der Waals surface area (Å²) in [7, 11) is 0. The molecule has 0 atom stereocenters. The second-order valence-corrected chi connectivity index (χ2v) is 4.64. The molecule has 0 unspecified atom stereocenters. The molecule has 1 saturated heterocycles. The molecule has 0 radical (unpaired) electrons. The molecule has 0 aliphatic carbocycles. The molecule has 19 heavy (non-hydrogen) atoms. The Hall–Kier alpha value is -2.08. The van der Waals surface area contributed by atoms with Crippen molar-refractivity contribution in [3.63, 3.8) is 0 Å². The zero-order valence-corrected chi connectivity index (χ0v) is 11.0. The van der Waals surface area contributed by atoms with Gasteiger partial charge in [-0.25, -0.2) is 9.59 Å². The lowest BCUT2D eigenvalue weighted by atomic mass is 10.2. The molecule has 2 heterocycles. The van der Waals surface area contributed by atoms with Gasteiger partial charge in [-0.3, -0.25) is 4.98 Å². The third-order valence-corrected chi connectivity index (χ3v) is 2.59. The second kappa shape index (κ2) is 4.89. The van der Waals surface area contributed by atoms with Gasteiger partial charge < -0.3 is 14.8 Å². The van der Waals surface area contributed by atoms with Crippen LogP contribution in [0.25, 0.3) is 0 Å². The normalized spacial score (nSPS) is 17.5. The Morgan fingerprint density at radius 1 is 1.32 bits per heavy atom. The number of rotatable bonds is 2. The summed E-state index contributed by atoms with van der Waals surface area (Å²) in [4.78, 5) is 27.2. The maximum Gasteiger partial charge on any atom is 0.350 e. The molecular formula is C12H11ClN2O4. The Balaban J connectivity index is 2.18. The van der Waals surface area contributed by atoms with Crippen molar-refractivity contribution in [2.45, 2.75) is 19.6 Å². The highest BCUT2D eigenvalue weighted by atomic mass is 35.5. The second-order valence-electron chi connectivity index (χ2n) is 4.24. The number of carbonyl (C=O) groups is 2. The number of carbonyl (C=O) groups excluding carboxylic acids is 2. The van der Waals surface area contributed by atoms with Gasteiger partial charge in [0.2, 0.25) is 0 Å². The molecular weight excluding hydrogens is 272 g/mol. The quantitative estimate of drug-likeness (QED) is 0.507. The summed E-state index contributed by atoms with van der Waals surface area (Å²) in [6.07, 6.45) is 4.16. The summed E-state index contributed by atoms with van der Waals surface area (Å²) in [5, 5.41) is 3.12. The summed E-state index contributed by atoms with van der Waals surface area (Å²) in [6, 6.07) is 1.57. The lowest BCUT2D eigenvalue weighted by Crippen LogP contribution is -2.42. The van der Waals surface area contributed by atoms with Crippen LogP contribution in [-0.2, 0) is 19.1 Å². The van der Waals surface area contributed by atoms with Crippen LogP contribution in [-0.4, -0.2) is 22.7 Å². The maximum atomic E-state index is 11.6. The highest BCUT2D eigenvalue weighted by Gasteiger charge is 2.38. The molecule has 0 bridgehead atoms. The predicted molar refractivity (Wildman–Crippen MR) is 67.2 cm³/mol. The first-order valence-corrected chi connectivity index (χ1v) is 5.80. The molecule has 0 spiro atoms. The average Bonchev–Trinajstić information content (AvgIpc) is 2.28. The van der Waals surface area contributed by atoms with E-state index in [1.807, 2.05) is 0 Å². The smallest absolute Gasteiger partial charge is 0.350 e. The largest absolute Gasteiger partial charge is 0.419 e. The molecule has 7 heteroatoms. The molecule has 100 valence electrons. The zero-order valence-electron chi connectivity index (χ0n) is 10.3. The molecule has 2 rings (SSSR count). The molecule has 1 aromatic rings. The number of ether oxygens (including phenoxy) is 2. The van der Waals surface area contributed by atoms with Crippen LogP contribution < -0.4 is 5.32 Å². The zero-order chi connectivity index (χ0) is 14.0. The van der Waals surface area contributed by atoms with E-state index in [1.54, 1.807) is 6.07 Å². The van der Waals surface area contributed by atoms with Crippen molar-refractivity contribution >= 4 is 29.2 Å². The van der Waals surface area contributed by atoms with Crippen molar-refractivity contribution in [1.82, 2.24) is 4.98 Å². The third-order valence-electron chi connectivity index (χ3n) is 2.26. The molecule has 1 aromatic heterocycles. The van der Waals surface area contributed by atoms with E-state index in [4.69, 9.17) is 21.1 Å². The number of pyridine rings is 1. The van der Waals surface area contributed by atoms with Gasteiger partial charge in [-0.1, -0.05) is 11.6 Å². The number of anilines is 1. The van der Waals surface area contributed by atoms with Crippen LogP contribution in [0.5, 0.6) is 0 Å². The lowest BCUT2D eigenvalue weighted by molar-refractivity contribution is -0.222. The summed E-state index contributed by atoms with van der Waals surface area (Å²) in [6.45, 7) is 2.95. The van der Waals surface area contributed by atoms with E-state index in [-0.39, 0.29) is 5.57 Å². The van der Waals surface area contributed by atoms with Gasteiger partial charge in [-0.05, 0) is 6.07 Å². The summed E-state index contributed by atoms with van der Waals surface area (Å²) < 4.78 is 9.87. The molecule has 0 amide bonds. The van der Waals surface area contributed by atoms with E-state index in [2.05, 4.69) is 10.3 Å². The number of halogens is 1. The van der Waals surface area contributed by atoms with Gasteiger partial charge in [0.1, 0.15) is 0 Å². The van der Waals surface area contributed by atoms with Crippen LogP contribution in [0.1, 0.15) is 13.8 Å². The van der Waals surface area contributed by atoms with Crippen LogP contribution in [0.4, 0.5) is 5.69 Å². The molecule has 1 fully saturated rings. The average molecular weight is 283 g/mol. The van der Waals surface area contributed by atoms with Gasteiger partial charge >= 0.3 is 11.9 Å². The SMILES string of the molecule is CC1(C)OC(=O)C(=CNc2cnccc2Cl)C(=O)O1. The van der Waals surface area contributed by atoms with Crippen LogP contribution in [0, 0.1) is 0 Å². The highest BCUT2D eigenvalue weighted by Crippen LogP contribution is 2.24. The molecule has 0 aromatic carbocycles. The number of hydrogen-bond donors (Lipinski definition) is 1. The van der Waals surface area contributed by atoms with Crippen molar-refractivity contribution in [3.05, 3.63) is 35.3 Å². The van der Waals surface area contributed by atoms with Gasteiger partial charge in [0.15, 0.2) is 5.57 Å². The first-order valence-electron chi connectivity index (χ1n) is 5.42. The Morgan fingerprint density at radius 3 is 2.53 bits per heavy atom. The minimum atomic E-state index is -1.25. The van der Waals surface area contributed by atoms with Gasteiger partial charge in [0, 0.05) is 26.2 Å². The van der Waals surface area contributed by atoms with Gasteiger partial charge in [-0.15, -0.1) is 0 Å². The standard InChI is InChI=1S/C12H11ClN2O4/c1-12(2)18-10(16)7(11(17)19-12)5-15-9-6-14-4-3-8(9)13/h3-6,15H,1-2H3. The first kappa shape index (κ1) is 13.4. The molecule has 1 aliphatic rings. The lowest BCUT2D eigenvalue weighted by Gasteiger charge is -2.29. The Bertz CT molecular complexity index is 547. The molecule has 1 aliphatic heterocycles. The van der Waals surface area contributed by atoms with Crippen LogP contribution in [0.15, 0.2) is 30.2 Å². The number of aromatic nitrogens is 1. The van der Waals surface area contributed by atoms with Crippen LogP contribution in [0.3, 0.4) is 0 Å². The number of hydrogen-bond acceptors (Lipinski definition) is 6. The fraction of sp³-hybridized carbons (Fsp3) is 0.250. The minimum Gasteiger partial charge on any atom is -0.419 e. The Labute approximate surface area is 114 Å². The molecule has 6 nitrogen and oxygen atoms in total. The van der Waals surface area contributed by atoms with Crippen LogP contribution in [0.2, 0.25) is 5.02 Å². The van der Waals surface area contributed by atoms with Gasteiger partial charge in [0.25, 0.3) is 5.79 Å². The number of esters is 2. The number of nitrogens with zero attached hydrogens (tertiary/aromatic N) is 1. The van der Waals surface area contributed by atoms with Gasteiger partial charge in [0.05, 0.1) is 16.9 Å². The maximum absolute atomic E-state index is 11.6. The number of nitrogens with one attached hydrogen (secondary N) is 1. The topological polar surface area (TPSA) is 77.5 Å². The van der Waals surface area contributed by atoms with Crippen LogP contribution >= 0.6 is 11.6 Å². The summed E-state index contributed by atoms with van der Waals surface area (Å²) >= 11 is 5.90. The predicted octanol–water partition coefficient (Wildman–Crippen LogP) is 1.87. The van der Waals surface area contributed by atoms with E-state index in [1.165, 1.54) is 32.4 Å². The van der Waals surface area contributed by atoms with Crippen molar-refractivity contribution in [1.29, 1.82) is 0 Å². The van der Waals surface area contributed by atoms with Crippen molar-refractivity contribution in [2.24, 2.45) is 0 Å². The Morgan fingerprint density at radius 2 is 1.95 bits per heavy atom. The fourth-order valence-electron chi connectivity index (χ4n) is 1.41. The number of cyclic esters (lactones) is 2. The van der Waals surface area contributed by atoms with Crippen molar-refractivity contribution < 1.29 is 19.1 Å². The van der Waals surface area contributed by atoms with Crippen molar-refractivity contribution in [3.8, 4) is 0 Å². The van der Waals surface area contributed by atoms with E-state index in [0.29, 0.717) is 10.7 Å². The van der Waals surface area contributed by atoms with Crippen molar-refractivity contribution in [2.75, 3.05) is 5.32 Å². The first-order chi connectivity index (χ1) is 8.89. The minimum absolute atomic E-state index is 0.237. The summed E-state index contributed by atoms with van der Waals surface area (Å²) in [5.74, 6) is -2.76. The fourth-order valence-corrected chi connectivity index (χ4v) is 1.57. The van der Waals surface area contributed by atoms with E-state index >= 15 is 0 Å². The van der Waals surface area contributed by atoms with Gasteiger partial charge in [-0.2, -0.15) is 0 Å². The summed E-state index contributed by atoms with van der Waals surface area (Å²) in [5.41, 5.74) is 0.223. The molecule has 0 saturated carbocycles. The monoisotopic (exact) mass is 282 g/mol. The molecule has 1 N–H and O–H groups in total. The Kier molecular flexibility index (Phi) is 3.44. The highest BCUT2D eigenvalue weighted by molar-refractivity contribution is 6.33.